The van der Waals surface area contributed by atoms with Crippen molar-refractivity contribution in [2.75, 3.05) is 30.7 Å². The van der Waals surface area contributed by atoms with E-state index in [1.54, 1.807) is 12.1 Å². The molecule has 9 heteroatoms. The van der Waals surface area contributed by atoms with E-state index in [0.717, 1.165) is 72.3 Å². The third-order valence-corrected chi connectivity index (χ3v) is 10.0. The Morgan fingerprint density at radius 3 is 2.23 bits per heavy atom. The number of aliphatic hydroxyl groups excluding tert-OH is 1. The molecule has 6 rings (SSSR count). The van der Waals surface area contributed by atoms with Gasteiger partial charge in [-0.1, -0.05) is 91.7 Å². The smallest absolute Gasteiger partial charge is 0.224 e. The van der Waals surface area contributed by atoms with Crippen LogP contribution in [0.15, 0.2) is 97.1 Å². The minimum absolute atomic E-state index is 0.00461. The van der Waals surface area contributed by atoms with Crippen LogP contribution in [0.4, 0.5) is 11.4 Å². The van der Waals surface area contributed by atoms with Crippen molar-refractivity contribution in [3.05, 3.63) is 119 Å². The van der Waals surface area contributed by atoms with Crippen LogP contribution in [0.3, 0.4) is 0 Å². The highest BCUT2D eigenvalue weighted by molar-refractivity contribution is 5.93. The largest absolute Gasteiger partial charge is 0.397 e. The van der Waals surface area contributed by atoms with Crippen molar-refractivity contribution in [3.63, 3.8) is 0 Å². The molecule has 2 aliphatic rings. The lowest BCUT2D eigenvalue weighted by molar-refractivity contribution is -0.253. The van der Waals surface area contributed by atoms with E-state index in [9.17, 15) is 14.7 Å². The first-order valence-corrected chi connectivity index (χ1v) is 18.8. The van der Waals surface area contributed by atoms with Crippen molar-refractivity contribution in [2.24, 2.45) is 0 Å². The van der Waals surface area contributed by atoms with Gasteiger partial charge in [0.25, 0.3) is 0 Å². The molecule has 2 amide bonds. The first kappa shape index (κ1) is 37.2. The number of unbranched alkanes of at least 4 members (excludes halogenated alkanes) is 2. The number of hydrogen-bond acceptors (Lipinski definition) is 7. The molecule has 0 bridgehead atoms. The number of para-hydroxylation sites is 2. The minimum atomic E-state index is -0.479. The zero-order chi connectivity index (χ0) is 36.1. The fraction of sp³-hybridized carbons (Fsp3) is 0.395. The number of nitrogens with two attached hydrogens (primary N) is 1. The standard InChI is InChI=1S/C43H52N4O5/c44-38-12-5-6-13-39(38)46-42(50)15-4-1-3-14-41(49)45-28-32-10-9-11-36(26-32)33-20-22-35(23-21-33)43-51-37(29-47-24-7-2-8-25-47)27-40(52-43)34-18-16-31(30-48)17-19-34/h5-6,9-13,16-23,26,37,40,43,48H,1-4,7-8,14-15,24-25,27-30,44H2,(H,45,49)(H,46,50). The molecule has 4 aromatic carbocycles. The molecule has 0 aromatic heterocycles. The van der Waals surface area contributed by atoms with Crippen LogP contribution in [-0.4, -0.2) is 47.6 Å². The van der Waals surface area contributed by atoms with E-state index in [4.69, 9.17) is 15.2 Å². The molecular formula is C43H52N4O5. The molecule has 5 N–H and O–H groups in total. The van der Waals surface area contributed by atoms with E-state index in [2.05, 4.69) is 64.1 Å². The molecule has 3 atom stereocenters. The second-order valence-corrected chi connectivity index (χ2v) is 14.0. The van der Waals surface area contributed by atoms with Gasteiger partial charge in [-0.15, -0.1) is 0 Å². The summed E-state index contributed by atoms with van der Waals surface area (Å²) < 4.78 is 13.2. The third kappa shape index (κ3) is 10.7. The average molecular weight is 705 g/mol. The molecule has 0 radical (unpaired) electrons. The average Bonchev–Trinajstić information content (AvgIpc) is 3.18. The molecular weight excluding hydrogens is 652 g/mol. The van der Waals surface area contributed by atoms with Crippen LogP contribution < -0.4 is 16.4 Å². The van der Waals surface area contributed by atoms with Gasteiger partial charge in [0.05, 0.1) is 30.2 Å². The number of benzene rings is 4. The number of amides is 2. The molecule has 2 heterocycles. The molecule has 9 nitrogen and oxygen atoms in total. The van der Waals surface area contributed by atoms with Crippen molar-refractivity contribution < 1.29 is 24.2 Å². The number of anilines is 2. The van der Waals surface area contributed by atoms with Gasteiger partial charge in [0, 0.05) is 37.9 Å². The van der Waals surface area contributed by atoms with Gasteiger partial charge in [-0.25, -0.2) is 0 Å². The molecule has 274 valence electrons. The van der Waals surface area contributed by atoms with Crippen molar-refractivity contribution >= 4 is 23.2 Å². The maximum Gasteiger partial charge on any atom is 0.224 e. The molecule has 3 unspecified atom stereocenters. The van der Waals surface area contributed by atoms with E-state index in [-0.39, 0.29) is 30.6 Å². The summed E-state index contributed by atoms with van der Waals surface area (Å²) in [5.74, 6) is -0.0652. The predicted molar refractivity (Wildman–Crippen MR) is 205 cm³/mol. The Kier molecular flexibility index (Phi) is 13.5. The number of likely N-dealkylation sites (tertiary alicyclic amines) is 1. The summed E-state index contributed by atoms with van der Waals surface area (Å²) in [6.07, 6.45) is 7.10. The summed E-state index contributed by atoms with van der Waals surface area (Å²) in [6.45, 7) is 3.61. The number of nitrogen functional groups attached to an aromatic ring is 1. The fourth-order valence-corrected chi connectivity index (χ4v) is 7.02. The van der Waals surface area contributed by atoms with Crippen molar-refractivity contribution in [1.29, 1.82) is 0 Å². The number of aliphatic hydroxyl groups is 1. The van der Waals surface area contributed by atoms with Crippen LogP contribution in [0.5, 0.6) is 0 Å². The third-order valence-electron chi connectivity index (χ3n) is 10.0. The van der Waals surface area contributed by atoms with E-state index >= 15 is 0 Å². The maximum atomic E-state index is 12.6. The van der Waals surface area contributed by atoms with Crippen LogP contribution in [0.25, 0.3) is 11.1 Å². The number of ether oxygens (including phenoxy) is 2. The topological polar surface area (TPSA) is 126 Å². The minimum Gasteiger partial charge on any atom is -0.397 e. The zero-order valence-electron chi connectivity index (χ0n) is 30.0. The lowest BCUT2D eigenvalue weighted by Crippen LogP contribution is -2.41. The van der Waals surface area contributed by atoms with Crippen LogP contribution in [-0.2, 0) is 32.2 Å². The van der Waals surface area contributed by atoms with Gasteiger partial charge < -0.3 is 35.8 Å². The van der Waals surface area contributed by atoms with Crippen molar-refractivity contribution in [3.8, 4) is 11.1 Å². The quantitative estimate of drug-likeness (QED) is 0.0740. The van der Waals surface area contributed by atoms with E-state index in [0.29, 0.717) is 37.2 Å². The van der Waals surface area contributed by atoms with Crippen LogP contribution >= 0.6 is 0 Å². The summed E-state index contributed by atoms with van der Waals surface area (Å²) >= 11 is 0. The Morgan fingerprint density at radius 1 is 0.750 bits per heavy atom. The van der Waals surface area contributed by atoms with Gasteiger partial charge in [-0.3, -0.25) is 9.59 Å². The molecule has 2 aliphatic heterocycles. The monoisotopic (exact) mass is 704 g/mol. The predicted octanol–water partition coefficient (Wildman–Crippen LogP) is 7.66. The number of hydrogen-bond donors (Lipinski definition) is 4. The highest BCUT2D eigenvalue weighted by atomic mass is 16.7. The summed E-state index contributed by atoms with van der Waals surface area (Å²) in [7, 11) is 0. The van der Waals surface area contributed by atoms with Gasteiger partial charge in [-0.2, -0.15) is 0 Å². The fourth-order valence-electron chi connectivity index (χ4n) is 7.02. The van der Waals surface area contributed by atoms with Crippen molar-refractivity contribution in [1.82, 2.24) is 10.2 Å². The van der Waals surface area contributed by atoms with Gasteiger partial charge >= 0.3 is 0 Å². The Balaban J connectivity index is 0.990. The second-order valence-electron chi connectivity index (χ2n) is 14.0. The normalized spacial score (nSPS) is 19.2. The number of carbonyl (C=O) groups excluding carboxylic acids is 2. The molecule has 0 spiro atoms. The SMILES string of the molecule is Nc1ccccc1NC(=O)CCCCCC(=O)NCc1cccc(-c2ccc(C3OC(CN4CCCCC4)CC(c4ccc(CO)cc4)O3)cc2)c1. The first-order chi connectivity index (χ1) is 25.4. The van der Waals surface area contributed by atoms with Gasteiger partial charge in [0.2, 0.25) is 11.8 Å². The summed E-state index contributed by atoms with van der Waals surface area (Å²) in [5, 5.41) is 15.4. The Hall–Kier alpha value is -4.54. The lowest BCUT2D eigenvalue weighted by Gasteiger charge is -2.39. The number of rotatable bonds is 15. The van der Waals surface area contributed by atoms with Crippen molar-refractivity contribution in [2.45, 2.75) is 89.4 Å². The molecule has 52 heavy (non-hydrogen) atoms. The van der Waals surface area contributed by atoms with Gasteiger partial charge in [-0.05, 0) is 84.8 Å². The van der Waals surface area contributed by atoms with Crippen LogP contribution in [0.1, 0.15) is 92.4 Å². The zero-order valence-corrected chi connectivity index (χ0v) is 30.0. The molecule has 0 saturated carbocycles. The van der Waals surface area contributed by atoms with E-state index in [1.807, 2.05) is 36.4 Å². The Bertz CT molecular complexity index is 1740. The van der Waals surface area contributed by atoms with Crippen LogP contribution in [0.2, 0.25) is 0 Å². The maximum absolute atomic E-state index is 12.6. The highest BCUT2D eigenvalue weighted by Crippen LogP contribution is 2.39. The molecule has 0 aliphatic carbocycles. The first-order valence-electron chi connectivity index (χ1n) is 18.8. The Morgan fingerprint density at radius 2 is 1.48 bits per heavy atom. The summed E-state index contributed by atoms with van der Waals surface area (Å²) in [4.78, 5) is 27.3. The van der Waals surface area contributed by atoms with Crippen LogP contribution in [0, 0.1) is 0 Å². The summed E-state index contributed by atoms with van der Waals surface area (Å²) in [5.41, 5.74) is 13.2. The summed E-state index contributed by atoms with van der Waals surface area (Å²) in [6, 6.07) is 31.9. The number of nitrogens with one attached hydrogen (secondary N) is 2. The highest BCUT2D eigenvalue weighted by Gasteiger charge is 2.33. The molecule has 2 fully saturated rings. The van der Waals surface area contributed by atoms with E-state index in [1.165, 1.54) is 19.3 Å². The van der Waals surface area contributed by atoms with Gasteiger partial charge in [0.1, 0.15) is 0 Å². The number of nitrogens with zero attached hydrogens (tertiary/aromatic N) is 1. The number of piperidine rings is 1. The van der Waals surface area contributed by atoms with Gasteiger partial charge in [0.15, 0.2) is 6.29 Å². The molecule has 4 aromatic rings. The second kappa shape index (κ2) is 18.8. The lowest BCUT2D eigenvalue weighted by atomic mass is 9.98. The number of carbonyl (C=O) groups is 2. The molecule has 2 saturated heterocycles. The Labute approximate surface area is 307 Å². The van der Waals surface area contributed by atoms with E-state index < -0.39 is 6.29 Å².